The lowest BCUT2D eigenvalue weighted by Gasteiger charge is -2.24. The van der Waals surface area contributed by atoms with Crippen molar-refractivity contribution < 1.29 is 9.26 Å². The van der Waals surface area contributed by atoms with Crippen LogP contribution in [0.4, 0.5) is 5.82 Å². The van der Waals surface area contributed by atoms with Gasteiger partial charge in [0.05, 0.1) is 11.5 Å². The first-order valence-electron chi connectivity index (χ1n) is 9.52. The van der Waals surface area contributed by atoms with Crippen molar-refractivity contribution in [3.8, 4) is 0 Å². The van der Waals surface area contributed by atoms with E-state index in [1.54, 1.807) is 7.11 Å². The van der Waals surface area contributed by atoms with Crippen LogP contribution in [0.5, 0.6) is 0 Å². The fraction of sp³-hybridized carbons (Fsp3) is 0.579. The topological polar surface area (TPSA) is 77.2 Å². The third-order valence-corrected chi connectivity index (χ3v) is 6.79. The summed E-state index contributed by atoms with van der Waals surface area (Å²) in [6.07, 6.45) is 5.69. The van der Waals surface area contributed by atoms with Crippen molar-refractivity contribution in [2.45, 2.75) is 58.1 Å². The average Bonchev–Trinajstić information content (AvgIpc) is 3.36. The first kappa shape index (κ1) is 17.1. The highest BCUT2D eigenvalue weighted by Gasteiger charge is 2.39. The predicted octanol–water partition coefficient (Wildman–Crippen LogP) is 3.54. The van der Waals surface area contributed by atoms with Crippen molar-refractivity contribution in [1.29, 1.82) is 0 Å². The molecule has 5 rings (SSSR count). The van der Waals surface area contributed by atoms with Gasteiger partial charge in [-0.1, -0.05) is 5.16 Å². The lowest BCUT2D eigenvalue weighted by atomic mass is 9.97. The molecule has 2 atom stereocenters. The van der Waals surface area contributed by atoms with Crippen molar-refractivity contribution in [3.63, 3.8) is 0 Å². The molecule has 2 aliphatic rings. The Morgan fingerprint density at radius 1 is 1.11 bits per heavy atom. The van der Waals surface area contributed by atoms with Gasteiger partial charge in [0.25, 0.3) is 0 Å². The largest absolute Gasteiger partial charge is 0.380 e. The van der Waals surface area contributed by atoms with Crippen LogP contribution >= 0.6 is 11.3 Å². The molecule has 142 valence electrons. The number of rotatable bonds is 3. The Morgan fingerprint density at radius 2 is 1.96 bits per heavy atom. The highest BCUT2D eigenvalue weighted by molar-refractivity contribution is 7.19. The van der Waals surface area contributed by atoms with Gasteiger partial charge in [-0.25, -0.2) is 9.97 Å². The normalized spacial score (nSPS) is 22.6. The van der Waals surface area contributed by atoms with Crippen LogP contribution in [0.3, 0.4) is 0 Å². The smallest absolute Gasteiger partial charge is 0.249 e. The second-order valence-corrected chi connectivity index (χ2v) is 8.51. The number of nitrogens with zero attached hydrogens (tertiary/aromatic N) is 5. The monoisotopic (exact) mass is 385 g/mol. The lowest BCUT2D eigenvalue weighted by molar-refractivity contribution is 0.117. The molecule has 3 aromatic rings. The average molecular weight is 385 g/mol. The third-order valence-electron chi connectivity index (χ3n) is 5.60. The predicted molar refractivity (Wildman–Crippen MR) is 103 cm³/mol. The van der Waals surface area contributed by atoms with Gasteiger partial charge in [-0.2, -0.15) is 4.98 Å². The first-order valence-corrected chi connectivity index (χ1v) is 10.3. The molecule has 0 bridgehead atoms. The molecular formula is C19H23N5O2S. The summed E-state index contributed by atoms with van der Waals surface area (Å²) in [4.78, 5) is 19.0. The van der Waals surface area contributed by atoms with E-state index in [2.05, 4.69) is 15.0 Å². The van der Waals surface area contributed by atoms with Gasteiger partial charge < -0.3 is 14.2 Å². The van der Waals surface area contributed by atoms with Gasteiger partial charge >= 0.3 is 0 Å². The Bertz CT molecular complexity index is 998. The molecule has 1 aliphatic heterocycles. The fourth-order valence-corrected chi connectivity index (χ4v) is 5.64. The number of hydrogen-bond donors (Lipinski definition) is 0. The number of anilines is 1. The maximum absolute atomic E-state index is 5.69. The summed E-state index contributed by atoms with van der Waals surface area (Å²) in [6, 6.07) is -0.0206. The minimum absolute atomic E-state index is 0.0206. The molecular weight excluding hydrogens is 362 g/mol. The summed E-state index contributed by atoms with van der Waals surface area (Å²) in [7, 11) is 1.76. The second kappa shape index (κ2) is 6.53. The molecule has 0 spiro atoms. The van der Waals surface area contributed by atoms with Crippen LogP contribution in [-0.2, 0) is 17.6 Å². The zero-order valence-electron chi connectivity index (χ0n) is 15.9. The van der Waals surface area contributed by atoms with Crippen LogP contribution < -0.4 is 4.90 Å². The summed E-state index contributed by atoms with van der Waals surface area (Å²) >= 11 is 1.83. The highest BCUT2D eigenvalue weighted by atomic mass is 32.1. The molecule has 0 N–H and O–H groups in total. The zero-order chi connectivity index (χ0) is 18.5. The molecule has 1 fully saturated rings. The zero-order valence-corrected chi connectivity index (χ0v) is 16.7. The highest BCUT2D eigenvalue weighted by Crippen LogP contribution is 2.44. The minimum atomic E-state index is -0.0206. The Labute approximate surface area is 161 Å². The van der Waals surface area contributed by atoms with E-state index < -0.39 is 0 Å². The van der Waals surface area contributed by atoms with Crippen LogP contribution in [0.15, 0.2) is 4.52 Å². The summed E-state index contributed by atoms with van der Waals surface area (Å²) in [6.45, 7) is 4.58. The molecule has 1 saturated heterocycles. The molecule has 27 heavy (non-hydrogen) atoms. The van der Waals surface area contributed by atoms with Crippen molar-refractivity contribution in [2.24, 2.45) is 0 Å². The number of ether oxygens (including phenoxy) is 1. The van der Waals surface area contributed by atoms with Gasteiger partial charge in [-0.05, 0) is 45.1 Å². The molecule has 7 nitrogen and oxygen atoms in total. The number of thiophene rings is 1. The Balaban J connectivity index is 1.67. The SMILES string of the molecule is COC1CC(c2nc(C)no2)N(c2nc(C)nc3sc4c(c23)CCCC4)C1. The molecule has 3 aromatic heterocycles. The van der Waals surface area contributed by atoms with E-state index in [0.29, 0.717) is 11.7 Å². The van der Waals surface area contributed by atoms with Crippen molar-refractivity contribution in [1.82, 2.24) is 20.1 Å². The maximum atomic E-state index is 5.69. The van der Waals surface area contributed by atoms with Gasteiger partial charge in [0.1, 0.15) is 22.5 Å². The van der Waals surface area contributed by atoms with E-state index in [4.69, 9.17) is 19.2 Å². The fourth-order valence-electron chi connectivity index (χ4n) is 4.33. The standard InChI is InChI=1S/C19H23N5O2S/c1-10-20-17(16-13-6-4-5-7-15(13)27-19(16)22-10)24-9-12(25-3)8-14(24)18-21-11(2)23-26-18/h12,14H,4-9H2,1-3H3. The van der Waals surface area contributed by atoms with Gasteiger partial charge in [0, 0.05) is 25.0 Å². The molecule has 0 aromatic carbocycles. The van der Waals surface area contributed by atoms with Gasteiger partial charge in [-0.3, -0.25) is 0 Å². The van der Waals surface area contributed by atoms with Crippen LogP contribution in [-0.4, -0.2) is 39.9 Å². The number of aryl methyl sites for hydroxylation is 4. The summed E-state index contributed by atoms with van der Waals surface area (Å²) in [5.74, 6) is 3.10. The summed E-state index contributed by atoms with van der Waals surface area (Å²) in [5, 5.41) is 5.22. The molecule has 4 heterocycles. The molecule has 8 heteroatoms. The van der Waals surface area contributed by atoms with Crippen LogP contribution in [0, 0.1) is 13.8 Å². The molecule has 0 amide bonds. The van der Waals surface area contributed by atoms with E-state index in [1.807, 2.05) is 25.2 Å². The van der Waals surface area contributed by atoms with E-state index >= 15 is 0 Å². The van der Waals surface area contributed by atoms with E-state index in [0.717, 1.165) is 42.3 Å². The maximum Gasteiger partial charge on any atom is 0.249 e. The van der Waals surface area contributed by atoms with Crippen molar-refractivity contribution >= 4 is 27.4 Å². The summed E-state index contributed by atoms with van der Waals surface area (Å²) in [5.41, 5.74) is 1.44. The van der Waals surface area contributed by atoms with Crippen LogP contribution in [0.25, 0.3) is 10.2 Å². The molecule has 0 saturated carbocycles. The number of hydrogen-bond acceptors (Lipinski definition) is 8. The number of fused-ring (bicyclic) bond motifs is 3. The first-order chi connectivity index (χ1) is 13.1. The lowest BCUT2D eigenvalue weighted by Crippen LogP contribution is -2.26. The van der Waals surface area contributed by atoms with Crippen molar-refractivity contribution in [3.05, 3.63) is 28.0 Å². The van der Waals surface area contributed by atoms with E-state index in [9.17, 15) is 0 Å². The van der Waals surface area contributed by atoms with Gasteiger partial charge in [-0.15, -0.1) is 11.3 Å². The van der Waals surface area contributed by atoms with Gasteiger partial charge in [0.2, 0.25) is 5.89 Å². The van der Waals surface area contributed by atoms with Crippen LogP contribution in [0.1, 0.15) is 53.3 Å². The van der Waals surface area contributed by atoms with Crippen LogP contribution in [0.2, 0.25) is 0 Å². The number of methoxy groups -OCH3 is 1. The molecule has 2 unspecified atom stereocenters. The Kier molecular flexibility index (Phi) is 4.12. The second-order valence-electron chi connectivity index (χ2n) is 7.43. The molecule has 0 radical (unpaired) electrons. The third kappa shape index (κ3) is 2.82. The summed E-state index contributed by atoms with van der Waals surface area (Å²) < 4.78 is 11.2. The van der Waals surface area contributed by atoms with E-state index in [-0.39, 0.29) is 12.1 Å². The Hall–Kier alpha value is -2.06. The number of aromatic nitrogens is 4. The minimum Gasteiger partial charge on any atom is -0.380 e. The van der Waals surface area contributed by atoms with E-state index in [1.165, 1.54) is 28.7 Å². The Morgan fingerprint density at radius 3 is 2.74 bits per heavy atom. The molecule has 1 aliphatic carbocycles. The quantitative estimate of drug-likeness (QED) is 0.682. The van der Waals surface area contributed by atoms with Crippen molar-refractivity contribution in [2.75, 3.05) is 18.6 Å². The van der Waals surface area contributed by atoms with Gasteiger partial charge in [0.15, 0.2) is 5.82 Å².